The third kappa shape index (κ3) is 3.93. The van der Waals surface area contributed by atoms with Crippen molar-refractivity contribution < 1.29 is 4.79 Å². The van der Waals surface area contributed by atoms with Crippen molar-refractivity contribution >= 4 is 40.4 Å². The van der Waals surface area contributed by atoms with Gasteiger partial charge in [-0.25, -0.2) is 4.98 Å². The Morgan fingerprint density at radius 3 is 2.43 bits per heavy atom. The highest BCUT2D eigenvalue weighted by Crippen LogP contribution is 2.31. The van der Waals surface area contributed by atoms with Crippen LogP contribution < -0.4 is 5.32 Å². The molecule has 0 atom stereocenters. The van der Waals surface area contributed by atoms with Crippen molar-refractivity contribution in [2.45, 2.75) is 27.2 Å². The quantitative estimate of drug-likeness (QED) is 0.400. The molecule has 4 aromatic rings. The van der Waals surface area contributed by atoms with E-state index in [0.717, 1.165) is 28.2 Å². The smallest absolute Gasteiger partial charge is 0.230 e. The van der Waals surface area contributed by atoms with Gasteiger partial charge >= 0.3 is 0 Å². The van der Waals surface area contributed by atoms with Crippen LogP contribution in [0.2, 0.25) is 10.0 Å². The number of benzene rings is 2. The number of halogens is 2. The minimum absolute atomic E-state index is 0.133. The highest BCUT2D eigenvalue weighted by molar-refractivity contribution is 6.39. The molecule has 2 heterocycles. The van der Waals surface area contributed by atoms with Gasteiger partial charge in [-0.2, -0.15) is 0 Å². The summed E-state index contributed by atoms with van der Waals surface area (Å²) in [5.74, 6) is -0.211. The fraction of sp³-hybridized carbons (Fsp3) is 0.167. The first-order valence-electron chi connectivity index (χ1n) is 9.62. The molecule has 0 saturated carbocycles. The summed E-state index contributed by atoms with van der Waals surface area (Å²) >= 11 is 12.4. The van der Waals surface area contributed by atoms with Crippen molar-refractivity contribution in [3.63, 3.8) is 0 Å². The number of fused-ring (bicyclic) bond motifs is 1. The lowest BCUT2D eigenvalue weighted by Crippen LogP contribution is -2.16. The van der Waals surface area contributed by atoms with Crippen LogP contribution in [0.25, 0.3) is 16.9 Å². The fourth-order valence-corrected chi connectivity index (χ4v) is 3.93. The van der Waals surface area contributed by atoms with E-state index in [4.69, 9.17) is 28.2 Å². The molecule has 0 aliphatic carbocycles. The van der Waals surface area contributed by atoms with Crippen LogP contribution in [-0.2, 0) is 11.2 Å². The predicted octanol–water partition coefficient (Wildman–Crippen LogP) is 6.41. The van der Waals surface area contributed by atoms with E-state index in [1.807, 2.05) is 35.7 Å². The van der Waals surface area contributed by atoms with Crippen molar-refractivity contribution in [2.24, 2.45) is 0 Å². The van der Waals surface area contributed by atoms with Gasteiger partial charge in [-0.05, 0) is 67.8 Å². The summed E-state index contributed by atoms with van der Waals surface area (Å²) in [5.41, 5.74) is 7.32. The highest BCUT2D eigenvalue weighted by Gasteiger charge is 2.19. The largest absolute Gasteiger partial charge is 0.323 e. The van der Waals surface area contributed by atoms with Crippen LogP contribution in [0.5, 0.6) is 0 Å². The molecule has 2 aromatic heterocycles. The standard InChI is InChI=1S/C24H21Cl2N3O/c1-14-9-10-29-20(13-22(30)28-24-18(25)5-4-6-19(24)26)23(27-21(29)11-14)17-8-7-15(2)16(3)12-17/h4-12H,13H2,1-3H3,(H,28,30). The molecule has 0 aliphatic rings. The molecule has 0 spiro atoms. The molecule has 0 fully saturated rings. The topological polar surface area (TPSA) is 46.4 Å². The van der Waals surface area contributed by atoms with Crippen LogP contribution in [-0.4, -0.2) is 15.3 Å². The van der Waals surface area contributed by atoms with Gasteiger partial charge in [0.2, 0.25) is 5.91 Å². The van der Waals surface area contributed by atoms with Crippen molar-refractivity contribution in [3.8, 4) is 11.3 Å². The van der Waals surface area contributed by atoms with Crippen LogP contribution in [0.1, 0.15) is 22.4 Å². The Balaban J connectivity index is 1.77. The Kier molecular flexibility index (Phi) is 5.54. The molecule has 0 radical (unpaired) electrons. The number of nitrogens with zero attached hydrogens (tertiary/aromatic N) is 2. The maximum atomic E-state index is 12.9. The number of aromatic nitrogens is 2. The van der Waals surface area contributed by atoms with Crippen molar-refractivity contribution in [1.82, 2.24) is 9.38 Å². The van der Waals surface area contributed by atoms with Crippen LogP contribution >= 0.6 is 23.2 Å². The third-order valence-electron chi connectivity index (χ3n) is 5.22. The van der Waals surface area contributed by atoms with E-state index in [1.165, 1.54) is 11.1 Å². The molecule has 1 N–H and O–H groups in total. The van der Waals surface area contributed by atoms with Crippen LogP contribution in [0.3, 0.4) is 0 Å². The Morgan fingerprint density at radius 1 is 1.00 bits per heavy atom. The molecule has 0 saturated heterocycles. The van der Waals surface area contributed by atoms with Crippen molar-refractivity contribution in [1.29, 1.82) is 0 Å². The van der Waals surface area contributed by atoms with E-state index in [9.17, 15) is 4.79 Å². The van der Waals surface area contributed by atoms with E-state index in [0.29, 0.717) is 15.7 Å². The number of carbonyl (C=O) groups is 1. The summed E-state index contributed by atoms with van der Waals surface area (Å²) in [7, 11) is 0. The Bertz CT molecular complexity index is 1260. The Hall–Kier alpha value is -2.82. The molecule has 152 valence electrons. The number of aryl methyl sites for hydroxylation is 3. The number of carbonyl (C=O) groups excluding carboxylic acids is 1. The first kappa shape index (κ1) is 20.5. The average molecular weight is 438 g/mol. The first-order valence-corrected chi connectivity index (χ1v) is 10.4. The third-order valence-corrected chi connectivity index (χ3v) is 5.85. The Labute approximate surface area is 185 Å². The second-order valence-electron chi connectivity index (χ2n) is 7.46. The minimum atomic E-state index is -0.211. The maximum Gasteiger partial charge on any atom is 0.230 e. The molecule has 0 unspecified atom stereocenters. The number of rotatable bonds is 4. The fourth-order valence-electron chi connectivity index (χ4n) is 3.44. The number of para-hydroxylation sites is 1. The van der Waals surface area contributed by atoms with Gasteiger partial charge in [0.1, 0.15) is 5.65 Å². The second kappa shape index (κ2) is 8.13. The van der Waals surface area contributed by atoms with Crippen LogP contribution in [0, 0.1) is 20.8 Å². The minimum Gasteiger partial charge on any atom is -0.323 e. The van der Waals surface area contributed by atoms with E-state index in [1.54, 1.807) is 18.2 Å². The summed E-state index contributed by atoms with van der Waals surface area (Å²) in [6.45, 7) is 6.18. The number of anilines is 1. The summed E-state index contributed by atoms with van der Waals surface area (Å²) in [6, 6.07) is 15.4. The second-order valence-corrected chi connectivity index (χ2v) is 8.27. The highest BCUT2D eigenvalue weighted by atomic mass is 35.5. The summed E-state index contributed by atoms with van der Waals surface area (Å²) in [6.07, 6.45) is 2.08. The van der Waals surface area contributed by atoms with Gasteiger partial charge in [0, 0.05) is 11.8 Å². The van der Waals surface area contributed by atoms with Gasteiger partial charge in [-0.3, -0.25) is 4.79 Å². The summed E-state index contributed by atoms with van der Waals surface area (Å²) in [4.78, 5) is 17.8. The van der Waals surface area contributed by atoms with Gasteiger partial charge in [0.15, 0.2) is 0 Å². The lowest BCUT2D eigenvalue weighted by Gasteiger charge is -2.11. The zero-order valence-electron chi connectivity index (χ0n) is 17.0. The molecule has 4 nitrogen and oxygen atoms in total. The SMILES string of the molecule is Cc1ccn2c(CC(=O)Nc3c(Cl)cccc3Cl)c(-c3ccc(C)c(C)c3)nc2c1. The number of amides is 1. The van der Waals surface area contributed by atoms with Crippen LogP contribution in [0.4, 0.5) is 5.69 Å². The van der Waals surface area contributed by atoms with Crippen molar-refractivity contribution in [2.75, 3.05) is 5.32 Å². The number of pyridine rings is 1. The lowest BCUT2D eigenvalue weighted by molar-refractivity contribution is -0.115. The predicted molar refractivity (Wildman–Crippen MR) is 124 cm³/mol. The first-order chi connectivity index (χ1) is 14.3. The van der Waals surface area contributed by atoms with E-state index in [2.05, 4.69) is 31.3 Å². The average Bonchev–Trinajstić information content (AvgIpc) is 3.04. The van der Waals surface area contributed by atoms with E-state index < -0.39 is 0 Å². The number of hydrogen-bond acceptors (Lipinski definition) is 2. The van der Waals surface area contributed by atoms with Crippen LogP contribution in [0.15, 0.2) is 54.7 Å². The number of hydrogen-bond donors (Lipinski definition) is 1. The molecule has 6 heteroatoms. The maximum absolute atomic E-state index is 12.9. The zero-order valence-corrected chi connectivity index (χ0v) is 18.5. The molecule has 4 rings (SSSR count). The van der Waals surface area contributed by atoms with Crippen molar-refractivity contribution in [3.05, 3.63) is 87.2 Å². The van der Waals surface area contributed by atoms with Gasteiger partial charge in [0.25, 0.3) is 0 Å². The molecular formula is C24H21Cl2N3O. The molecule has 0 bridgehead atoms. The zero-order chi connectivity index (χ0) is 21.4. The van der Waals surface area contributed by atoms with Gasteiger partial charge in [-0.1, -0.05) is 41.4 Å². The van der Waals surface area contributed by atoms with Gasteiger partial charge in [0.05, 0.1) is 33.5 Å². The Morgan fingerprint density at radius 2 is 1.73 bits per heavy atom. The summed E-state index contributed by atoms with van der Waals surface area (Å²) in [5, 5.41) is 3.65. The van der Waals surface area contributed by atoms with Gasteiger partial charge < -0.3 is 9.72 Å². The molecule has 1 amide bonds. The van der Waals surface area contributed by atoms with E-state index in [-0.39, 0.29) is 12.3 Å². The van der Waals surface area contributed by atoms with Gasteiger partial charge in [-0.15, -0.1) is 0 Å². The number of nitrogens with one attached hydrogen (secondary N) is 1. The molecule has 0 aliphatic heterocycles. The molecular weight excluding hydrogens is 417 g/mol. The van der Waals surface area contributed by atoms with E-state index >= 15 is 0 Å². The molecule has 30 heavy (non-hydrogen) atoms. The molecule has 2 aromatic carbocycles. The summed E-state index contributed by atoms with van der Waals surface area (Å²) < 4.78 is 1.96. The number of imidazole rings is 1. The monoisotopic (exact) mass is 437 g/mol. The normalized spacial score (nSPS) is 11.1. The lowest BCUT2D eigenvalue weighted by atomic mass is 10.0.